The summed E-state index contributed by atoms with van der Waals surface area (Å²) in [5.74, 6) is 1.07. The quantitative estimate of drug-likeness (QED) is 0.393. The summed E-state index contributed by atoms with van der Waals surface area (Å²) in [5.41, 5.74) is 0. The van der Waals surface area contributed by atoms with Crippen molar-refractivity contribution in [3.8, 4) is 6.26 Å². The van der Waals surface area contributed by atoms with Gasteiger partial charge < -0.3 is 9.15 Å². The monoisotopic (exact) mass is 178 g/mol. The molecule has 0 aliphatic rings. The highest BCUT2D eigenvalue weighted by Gasteiger charge is 2.00. The van der Waals surface area contributed by atoms with Crippen molar-refractivity contribution in [1.82, 2.24) is 0 Å². The fourth-order valence-corrected chi connectivity index (χ4v) is 0.798. The van der Waals surface area contributed by atoms with Gasteiger partial charge in [-0.05, 0) is 12.1 Å². The maximum atomic E-state index is 9.76. The molecule has 0 N–H and O–H groups in total. The third-order valence-electron chi connectivity index (χ3n) is 1.30. The molecule has 1 heterocycles. The highest BCUT2D eigenvalue weighted by atomic mass is 16.5. The van der Waals surface area contributed by atoms with E-state index < -0.39 is 0 Å². The largest absolute Gasteiger partial charge is 0.460 e. The molecule has 0 aliphatic heterocycles. The van der Waals surface area contributed by atoms with Crippen molar-refractivity contribution in [2.45, 2.75) is 13.2 Å². The maximum Gasteiger partial charge on any atom is 0.286 e. The zero-order valence-corrected chi connectivity index (χ0v) is 6.69. The second-order valence-electron chi connectivity index (χ2n) is 2.16. The van der Waals surface area contributed by atoms with Crippen molar-refractivity contribution in [1.29, 1.82) is 5.26 Å². The lowest BCUT2D eigenvalue weighted by molar-refractivity contribution is 0.225. The molecule has 0 saturated heterocycles. The van der Waals surface area contributed by atoms with Gasteiger partial charge >= 0.3 is 0 Å². The normalized spacial score (nSPS) is 8.54. The van der Waals surface area contributed by atoms with Crippen LogP contribution in [0.2, 0.25) is 0 Å². The van der Waals surface area contributed by atoms with Crippen LogP contribution in [0, 0.1) is 11.5 Å². The standard InChI is InChI=1S/C8H6N2O3/c9-5-12-4-8-2-1-7(13-8)3-10-6-11/h1-2H,3-4H2. The van der Waals surface area contributed by atoms with E-state index in [0.29, 0.717) is 11.5 Å². The lowest BCUT2D eigenvalue weighted by Gasteiger charge is -1.90. The number of hydrogen-bond donors (Lipinski definition) is 0. The van der Waals surface area contributed by atoms with Crippen LogP contribution in [0.15, 0.2) is 21.5 Å². The number of ether oxygens (including phenoxy) is 1. The van der Waals surface area contributed by atoms with E-state index >= 15 is 0 Å². The Kier molecular flexibility index (Phi) is 3.31. The van der Waals surface area contributed by atoms with E-state index in [2.05, 4.69) is 9.73 Å². The summed E-state index contributed by atoms with van der Waals surface area (Å²) < 4.78 is 9.58. The summed E-state index contributed by atoms with van der Waals surface area (Å²) in [5, 5.41) is 8.09. The third-order valence-corrected chi connectivity index (χ3v) is 1.30. The Labute approximate surface area is 74.2 Å². The van der Waals surface area contributed by atoms with Gasteiger partial charge in [-0.3, -0.25) is 0 Å². The Balaban J connectivity index is 2.54. The molecule has 0 saturated carbocycles. The van der Waals surface area contributed by atoms with E-state index in [9.17, 15) is 4.79 Å². The van der Waals surface area contributed by atoms with Gasteiger partial charge in [0.2, 0.25) is 6.08 Å². The van der Waals surface area contributed by atoms with E-state index in [1.807, 2.05) is 0 Å². The van der Waals surface area contributed by atoms with Gasteiger partial charge in [0.15, 0.2) is 6.61 Å². The number of aliphatic imine (C=N–C) groups is 1. The molecular formula is C8H6N2O3. The highest BCUT2D eigenvalue weighted by molar-refractivity contribution is 5.33. The predicted octanol–water partition coefficient (Wildman–Crippen LogP) is 1.11. The Morgan fingerprint density at radius 1 is 1.54 bits per heavy atom. The molecule has 1 aromatic heterocycles. The summed E-state index contributed by atoms with van der Waals surface area (Å²) in [7, 11) is 0. The SMILES string of the molecule is N#COCc1ccc(CN=C=O)o1. The molecule has 0 fully saturated rings. The number of nitrogens with zero attached hydrogens (tertiary/aromatic N) is 2. The molecule has 1 aromatic rings. The lowest BCUT2D eigenvalue weighted by atomic mass is 10.4. The van der Waals surface area contributed by atoms with Crippen molar-refractivity contribution < 1.29 is 13.9 Å². The van der Waals surface area contributed by atoms with Gasteiger partial charge in [0.05, 0.1) is 0 Å². The minimum atomic E-state index is 0.0985. The first-order valence-electron chi connectivity index (χ1n) is 3.49. The first-order chi connectivity index (χ1) is 6.36. The Morgan fingerprint density at radius 2 is 2.31 bits per heavy atom. The fraction of sp³-hybridized carbons (Fsp3) is 0.250. The highest BCUT2D eigenvalue weighted by Crippen LogP contribution is 2.09. The van der Waals surface area contributed by atoms with Crippen molar-refractivity contribution in [3.63, 3.8) is 0 Å². The van der Waals surface area contributed by atoms with Crippen LogP contribution in [0.4, 0.5) is 0 Å². The molecule has 0 unspecified atom stereocenters. The average molecular weight is 178 g/mol. The van der Waals surface area contributed by atoms with Gasteiger partial charge in [-0.2, -0.15) is 10.3 Å². The molecule has 0 atom stereocenters. The fourth-order valence-electron chi connectivity index (χ4n) is 0.798. The summed E-state index contributed by atoms with van der Waals surface area (Å²) >= 11 is 0. The van der Waals surface area contributed by atoms with Crippen molar-refractivity contribution >= 4 is 6.08 Å². The molecule has 5 heteroatoms. The molecular weight excluding hydrogens is 172 g/mol. The lowest BCUT2D eigenvalue weighted by Crippen LogP contribution is -1.82. The van der Waals surface area contributed by atoms with Crippen LogP contribution in [-0.4, -0.2) is 6.08 Å². The Bertz CT molecular complexity index is 358. The molecule has 5 nitrogen and oxygen atoms in total. The Hall–Kier alpha value is -2.05. The molecule has 0 amide bonds. The van der Waals surface area contributed by atoms with Gasteiger partial charge in [-0.15, -0.1) is 0 Å². The summed E-state index contributed by atoms with van der Waals surface area (Å²) in [6.45, 7) is 0.261. The second kappa shape index (κ2) is 4.75. The number of nitriles is 1. The van der Waals surface area contributed by atoms with Gasteiger partial charge in [-0.1, -0.05) is 0 Å². The maximum absolute atomic E-state index is 9.76. The van der Waals surface area contributed by atoms with Crippen LogP contribution in [0.5, 0.6) is 0 Å². The summed E-state index contributed by atoms with van der Waals surface area (Å²) in [6, 6.07) is 3.32. The van der Waals surface area contributed by atoms with Crippen LogP contribution >= 0.6 is 0 Å². The Morgan fingerprint density at radius 3 is 3.00 bits per heavy atom. The predicted molar refractivity (Wildman–Crippen MR) is 40.9 cm³/mol. The second-order valence-corrected chi connectivity index (χ2v) is 2.16. The first-order valence-corrected chi connectivity index (χ1v) is 3.49. The van der Waals surface area contributed by atoms with E-state index in [4.69, 9.17) is 9.68 Å². The number of carbonyl (C=O) groups excluding carboxylic acids is 1. The van der Waals surface area contributed by atoms with E-state index in [-0.39, 0.29) is 13.2 Å². The van der Waals surface area contributed by atoms with Crippen molar-refractivity contribution in [2.24, 2.45) is 4.99 Å². The molecule has 1 rings (SSSR count). The minimum Gasteiger partial charge on any atom is -0.460 e. The minimum absolute atomic E-state index is 0.0985. The summed E-state index contributed by atoms with van der Waals surface area (Å²) in [6.07, 6.45) is 2.92. The van der Waals surface area contributed by atoms with Gasteiger partial charge in [0.1, 0.15) is 18.1 Å². The molecule has 0 aromatic carbocycles. The molecule has 0 bridgehead atoms. The van der Waals surface area contributed by atoms with Crippen molar-refractivity contribution in [2.75, 3.05) is 0 Å². The molecule has 0 spiro atoms. The van der Waals surface area contributed by atoms with E-state index in [0.717, 1.165) is 0 Å². The zero-order valence-electron chi connectivity index (χ0n) is 6.69. The van der Waals surface area contributed by atoms with Gasteiger partial charge in [0, 0.05) is 0 Å². The average Bonchev–Trinajstić information content (AvgIpc) is 2.59. The molecule has 13 heavy (non-hydrogen) atoms. The van der Waals surface area contributed by atoms with Crippen LogP contribution < -0.4 is 0 Å². The van der Waals surface area contributed by atoms with E-state index in [1.54, 1.807) is 12.1 Å². The topological polar surface area (TPSA) is 75.6 Å². The van der Waals surface area contributed by atoms with Crippen LogP contribution in [0.25, 0.3) is 0 Å². The molecule has 0 radical (unpaired) electrons. The number of furan rings is 1. The number of isocyanates is 1. The third kappa shape index (κ3) is 2.81. The number of rotatable bonds is 4. The zero-order chi connectivity index (χ0) is 9.52. The number of hydrogen-bond acceptors (Lipinski definition) is 5. The van der Waals surface area contributed by atoms with E-state index in [1.165, 1.54) is 12.3 Å². The smallest absolute Gasteiger partial charge is 0.286 e. The van der Waals surface area contributed by atoms with Crippen LogP contribution in [-0.2, 0) is 22.7 Å². The molecule has 0 aliphatic carbocycles. The summed E-state index contributed by atoms with van der Waals surface area (Å²) in [4.78, 5) is 13.1. The molecule has 66 valence electrons. The van der Waals surface area contributed by atoms with Crippen LogP contribution in [0.1, 0.15) is 11.5 Å². The first kappa shape index (κ1) is 9.04. The van der Waals surface area contributed by atoms with Crippen molar-refractivity contribution in [3.05, 3.63) is 23.7 Å². The van der Waals surface area contributed by atoms with Gasteiger partial charge in [0.25, 0.3) is 6.26 Å². The van der Waals surface area contributed by atoms with Crippen LogP contribution in [0.3, 0.4) is 0 Å². The van der Waals surface area contributed by atoms with Gasteiger partial charge in [-0.25, -0.2) is 4.79 Å².